The molecule has 254 valence electrons. The van der Waals surface area contributed by atoms with Crippen molar-refractivity contribution in [2.24, 2.45) is 0 Å². The summed E-state index contributed by atoms with van der Waals surface area (Å²) in [4.78, 5) is 0. The first-order chi connectivity index (χ1) is 26.8. The van der Waals surface area contributed by atoms with Crippen LogP contribution in [-0.4, -0.2) is 38.7 Å². The van der Waals surface area contributed by atoms with E-state index in [0.29, 0.717) is 0 Å². The van der Waals surface area contributed by atoms with Crippen LogP contribution in [0.5, 0.6) is 0 Å². The third-order valence-electron chi connectivity index (χ3n) is 10.4. The highest BCUT2D eigenvalue weighted by atomic mass is 15.3. The van der Waals surface area contributed by atoms with Gasteiger partial charge >= 0.3 is 0 Å². The minimum absolute atomic E-state index is 0.803. The molecule has 0 saturated heterocycles. The van der Waals surface area contributed by atoms with Gasteiger partial charge in [0.2, 0.25) is 0 Å². The molecule has 0 aliphatic heterocycles. The maximum Gasteiger partial charge on any atom is 0.168 e. The van der Waals surface area contributed by atoms with Crippen molar-refractivity contribution in [3.8, 4) is 45.5 Å². The van der Waals surface area contributed by atoms with Gasteiger partial charge in [-0.05, 0) is 91.0 Å². The lowest BCUT2D eigenvalue weighted by atomic mass is 10.1. The van der Waals surface area contributed by atoms with Crippen molar-refractivity contribution < 1.29 is 0 Å². The fourth-order valence-electron chi connectivity index (χ4n) is 7.97. The van der Waals surface area contributed by atoms with Crippen LogP contribution in [-0.2, 0) is 0 Å². The highest BCUT2D eigenvalue weighted by Crippen LogP contribution is 2.38. The van der Waals surface area contributed by atoms with Gasteiger partial charge in [-0.3, -0.25) is 9.13 Å². The molecule has 0 amide bonds. The number of fused-ring (bicyclic) bond motifs is 6. The van der Waals surface area contributed by atoms with Crippen molar-refractivity contribution >= 4 is 43.6 Å². The third-order valence-corrected chi connectivity index (χ3v) is 10.4. The number of rotatable bonds is 6. The zero-order valence-electron chi connectivity index (χ0n) is 28.9. The second-order valence-corrected chi connectivity index (χ2v) is 13.4. The van der Waals surface area contributed by atoms with Crippen LogP contribution in [0.25, 0.3) is 89.1 Å². The third kappa shape index (κ3) is 4.63. The minimum Gasteiger partial charge on any atom is -0.309 e. The van der Waals surface area contributed by atoms with E-state index in [-0.39, 0.29) is 0 Å². The maximum atomic E-state index is 4.54. The van der Waals surface area contributed by atoms with E-state index in [1.54, 1.807) is 12.7 Å². The van der Waals surface area contributed by atoms with E-state index in [0.717, 1.165) is 78.4 Å². The summed E-state index contributed by atoms with van der Waals surface area (Å²) in [7, 11) is 0. The lowest BCUT2D eigenvalue weighted by molar-refractivity contribution is 1.06. The van der Waals surface area contributed by atoms with Crippen LogP contribution >= 0.6 is 0 Å². The molecular weight excluding hydrogens is 665 g/mol. The Balaban J connectivity index is 1.06. The maximum absolute atomic E-state index is 4.54. The summed E-state index contributed by atoms with van der Waals surface area (Å²) in [6.07, 6.45) is 3.55. The Bertz CT molecular complexity index is 2960. The molecule has 0 aliphatic rings. The van der Waals surface area contributed by atoms with E-state index >= 15 is 0 Å². The van der Waals surface area contributed by atoms with Crippen LogP contribution in [0.2, 0.25) is 0 Å². The summed E-state index contributed by atoms with van der Waals surface area (Å²) in [5, 5.41) is 22.3. The first-order valence-electron chi connectivity index (χ1n) is 17.9. The first-order valence-corrected chi connectivity index (χ1v) is 17.9. The predicted octanol–water partition coefficient (Wildman–Crippen LogP) is 10.4. The minimum atomic E-state index is 0.803. The summed E-state index contributed by atoms with van der Waals surface area (Å²) in [6.45, 7) is 0. The van der Waals surface area contributed by atoms with E-state index in [4.69, 9.17) is 0 Å². The fourth-order valence-corrected chi connectivity index (χ4v) is 7.97. The molecule has 0 aliphatic carbocycles. The van der Waals surface area contributed by atoms with Crippen molar-refractivity contribution in [3.63, 3.8) is 0 Å². The molecular formula is C46H30N8. The standard InChI is InChI=1S/C46H30N8/c1-3-12-33(13-4-1)51-29-47-49-45(51)31-22-24-43-39(26-31)37-18-7-9-20-41(37)53(43)35-16-11-17-36(28-35)54-42-21-10-8-19-38(42)40-27-32(23-25-44(40)54)46-50-48-30-52(46)34-14-5-2-6-15-34/h1-30H. The van der Waals surface area contributed by atoms with Gasteiger partial charge in [-0.1, -0.05) is 78.9 Å². The SMILES string of the molecule is c1ccc(-n2cnnc2-c2ccc3c(c2)c2ccccc2n3-c2cccc(-n3c4ccccc4c4cc(-c5nncn5-c5ccccc5)ccc43)c2)cc1. The molecule has 4 heterocycles. The monoisotopic (exact) mass is 694 g/mol. The van der Waals surface area contributed by atoms with E-state index in [9.17, 15) is 0 Å². The number of benzene rings is 7. The highest BCUT2D eigenvalue weighted by molar-refractivity contribution is 6.11. The van der Waals surface area contributed by atoms with Crippen molar-refractivity contribution in [1.29, 1.82) is 0 Å². The Morgan fingerprint density at radius 3 is 1.20 bits per heavy atom. The second-order valence-electron chi connectivity index (χ2n) is 13.4. The molecule has 11 rings (SSSR count). The largest absolute Gasteiger partial charge is 0.309 e. The number of nitrogens with zero attached hydrogens (tertiary/aromatic N) is 8. The smallest absolute Gasteiger partial charge is 0.168 e. The summed E-state index contributed by atoms with van der Waals surface area (Å²) < 4.78 is 8.80. The molecule has 0 N–H and O–H groups in total. The molecule has 0 spiro atoms. The van der Waals surface area contributed by atoms with E-state index in [1.165, 1.54) is 10.8 Å². The molecule has 0 radical (unpaired) electrons. The van der Waals surface area contributed by atoms with Gasteiger partial charge in [-0.15, -0.1) is 20.4 Å². The fraction of sp³-hybridized carbons (Fsp3) is 0. The molecule has 11 aromatic rings. The topological polar surface area (TPSA) is 71.3 Å². The summed E-state index contributed by atoms with van der Waals surface area (Å²) >= 11 is 0. The van der Waals surface area contributed by atoms with E-state index in [1.807, 2.05) is 45.5 Å². The number of aromatic nitrogens is 8. The van der Waals surface area contributed by atoms with Gasteiger partial charge in [0.15, 0.2) is 11.6 Å². The summed E-state index contributed by atoms with van der Waals surface area (Å²) in [6, 6.07) is 59.7. The quantitative estimate of drug-likeness (QED) is 0.174. The Hall–Kier alpha value is -7.58. The van der Waals surface area contributed by atoms with Crippen molar-refractivity contribution in [3.05, 3.63) is 183 Å². The Morgan fingerprint density at radius 2 is 0.722 bits per heavy atom. The molecule has 0 saturated carbocycles. The van der Waals surface area contributed by atoms with E-state index < -0.39 is 0 Å². The molecule has 0 bridgehead atoms. The molecule has 0 fully saturated rings. The zero-order chi connectivity index (χ0) is 35.6. The molecule has 8 heteroatoms. The molecule has 4 aromatic heterocycles. The van der Waals surface area contributed by atoms with Crippen molar-refractivity contribution in [2.75, 3.05) is 0 Å². The van der Waals surface area contributed by atoms with Crippen LogP contribution in [0.15, 0.2) is 183 Å². The van der Waals surface area contributed by atoms with Gasteiger partial charge in [0.25, 0.3) is 0 Å². The van der Waals surface area contributed by atoms with E-state index in [2.05, 4.69) is 163 Å². The second kappa shape index (κ2) is 12.0. The van der Waals surface area contributed by atoms with Crippen LogP contribution in [0.1, 0.15) is 0 Å². The average Bonchev–Trinajstić information content (AvgIpc) is 4.05. The Labute approximate surface area is 309 Å². The molecule has 7 aromatic carbocycles. The number of para-hydroxylation sites is 4. The summed E-state index contributed by atoms with van der Waals surface area (Å²) in [5.74, 6) is 1.61. The zero-order valence-corrected chi connectivity index (χ0v) is 28.9. The van der Waals surface area contributed by atoms with Gasteiger partial charge in [0.1, 0.15) is 12.7 Å². The first kappa shape index (κ1) is 30.1. The van der Waals surface area contributed by atoms with Gasteiger partial charge in [-0.25, -0.2) is 0 Å². The summed E-state index contributed by atoms with van der Waals surface area (Å²) in [5.41, 5.74) is 10.7. The number of hydrogen-bond donors (Lipinski definition) is 0. The molecule has 54 heavy (non-hydrogen) atoms. The normalized spacial score (nSPS) is 11.7. The van der Waals surface area contributed by atoms with Crippen molar-refractivity contribution in [1.82, 2.24) is 38.7 Å². The lowest BCUT2D eigenvalue weighted by Gasteiger charge is -2.13. The average molecular weight is 695 g/mol. The van der Waals surface area contributed by atoms with Gasteiger partial charge in [0, 0.05) is 55.4 Å². The van der Waals surface area contributed by atoms with Gasteiger partial charge in [-0.2, -0.15) is 0 Å². The van der Waals surface area contributed by atoms with Gasteiger partial charge < -0.3 is 9.13 Å². The predicted molar refractivity (Wildman–Crippen MR) is 216 cm³/mol. The molecule has 0 unspecified atom stereocenters. The van der Waals surface area contributed by atoms with Crippen LogP contribution in [0, 0.1) is 0 Å². The molecule has 8 nitrogen and oxygen atoms in total. The van der Waals surface area contributed by atoms with Crippen molar-refractivity contribution in [2.45, 2.75) is 0 Å². The van der Waals surface area contributed by atoms with Crippen LogP contribution in [0.4, 0.5) is 0 Å². The Morgan fingerprint density at radius 1 is 0.315 bits per heavy atom. The van der Waals surface area contributed by atoms with Crippen LogP contribution < -0.4 is 0 Å². The Kier molecular flexibility index (Phi) is 6.69. The highest BCUT2D eigenvalue weighted by Gasteiger charge is 2.19. The van der Waals surface area contributed by atoms with Gasteiger partial charge in [0.05, 0.1) is 22.1 Å². The number of hydrogen-bond acceptors (Lipinski definition) is 4. The lowest BCUT2D eigenvalue weighted by Crippen LogP contribution is -1.99. The van der Waals surface area contributed by atoms with Crippen LogP contribution in [0.3, 0.4) is 0 Å². The molecule has 0 atom stereocenters.